The predicted octanol–water partition coefficient (Wildman–Crippen LogP) is 3.74. The average molecular weight is 486 g/mol. The van der Waals surface area contributed by atoms with E-state index in [0.29, 0.717) is 15.5 Å². The Morgan fingerprint density at radius 2 is 1.94 bits per heavy atom. The van der Waals surface area contributed by atoms with Crippen LogP contribution in [0.4, 0.5) is 0 Å². The van der Waals surface area contributed by atoms with Crippen molar-refractivity contribution in [2.75, 3.05) is 0 Å². The minimum Gasteiger partial charge on any atom is -0.341 e. The summed E-state index contributed by atoms with van der Waals surface area (Å²) in [4.78, 5) is 14.6. The van der Waals surface area contributed by atoms with Crippen LogP contribution in [0.25, 0.3) is 11.2 Å². The molecule has 2 saturated heterocycles. The number of nitrogens with zero attached hydrogens (tertiary/aromatic N) is 4. The molecule has 10 heteroatoms. The fourth-order valence-electron chi connectivity index (χ4n) is 5.09. The molecule has 8 nitrogen and oxygen atoms in total. The van der Waals surface area contributed by atoms with Crippen molar-refractivity contribution in [3.05, 3.63) is 39.7 Å². The van der Waals surface area contributed by atoms with Gasteiger partial charge in [-0.15, -0.1) is 11.3 Å². The maximum Gasteiger partial charge on any atom is 0.167 e. The lowest BCUT2D eigenvalue weighted by molar-refractivity contribution is -0.190. The molecule has 4 atom stereocenters. The summed E-state index contributed by atoms with van der Waals surface area (Å²) in [6, 6.07) is 3.73. The summed E-state index contributed by atoms with van der Waals surface area (Å²) in [5.74, 6) is 5.62. The highest BCUT2D eigenvalue weighted by atomic mass is 35.5. The van der Waals surface area contributed by atoms with Crippen LogP contribution in [0.15, 0.2) is 24.8 Å². The quantitative estimate of drug-likeness (QED) is 0.552. The molecule has 3 aliphatic rings. The van der Waals surface area contributed by atoms with Crippen molar-refractivity contribution in [2.24, 2.45) is 5.73 Å². The molecule has 0 spiro atoms. The number of hydrogen-bond acceptors (Lipinski definition) is 8. The number of thiophene rings is 1. The van der Waals surface area contributed by atoms with E-state index in [1.54, 1.807) is 12.7 Å². The standard InChI is InChI=1S/C23H24ClN5O3S/c1-22(2)31-17-14(7-5-13-6-8-15(24)33-13)30-21(18(17)32-22)29-12-28-16-19(26-11-27-20(16)29)23(25)9-3-4-10-23/h6,8,11-12,14,17-18,21H,3-4,9-10,25H2,1-2H3/t14-,17-,18-,21-/m1/s1. The van der Waals surface area contributed by atoms with Crippen molar-refractivity contribution < 1.29 is 14.2 Å². The van der Waals surface area contributed by atoms with Gasteiger partial charge in [-0.3, -0.25) is 4.57 Å². The lowest BCUT2D eigenvalue weighted by Crippen LogP contribution is -2.34. The van der Waals surface area contributed by atoms with Gasteiger partial charge in [-0.2, -0.15) is 0 Å². The van der Waals surface area contributed by atoms with E-state index < -0.39 is 23.7 Å². The second-order valence-electron chi connectivity index (χ2n) is 9.29. The van der Waals surface area contributed by atoms with Gasteiger partial charge in [-0.05, 0) is 38.8 Å². The van der Waals surface area contributed by atoms with E-state index in [0.717, 1.165) is 36.3 Å². The zero-order chi connectivity index (χ0) is 22.8. The van der Waals surface area contributed by atoms with Crippen molar-refractivity contribution in [3.63, 3.8) is 0 Å². The summed E-state index contributed by atoms with van der Waals surface area (Å²) in [7, 11) is 0. The van der Waals surface area contributed by atoms with E-state index in [1.165, 1.54) is 11.3 Å². The first-order valence-corrected chi connectivity index (χ1v) is 12.3. The van der Waals surface area contributed by atoms with Crippen molar-refractivity contribution in [2.45, 2.75) is 75.4 Å². The third kappa shape index (κ3) is 3.66. The summed E-state index contributed by atoms with van der Waals surface area (Å²) in [5, 5.41) is 0. The molecule has 172 valence electrons. The van der Waals surface area contributed by atoms with Crippen LogP contribution in [0, 0.1) is 11.8 Å². The average Bonchev–Trinajstić information content (AvgIpc) is 3.57. The number of rotatable bonds is 2. The summed E-state index contributed by atoms with van der Waals surface area (Å²) in [6.07, 6.45) is 5.59. The van der Waals surface area contributed by atoms with E-state index in [2.05, 4.69) is 26.8 Å². The second-order valence-corrected chi connectivity index (χ2v) is 11.0. The molecular weight excluding hydrogens is 462 g/mol. The van der Waals surface area contributed by atoms with Gasteiger partial charge in [-0.25, -0.2) is 15.0 Å². The molecule has 0 radical (unpaired) electrons. The summed E-state index contributed by atoms with van der Waals surface area (Å²) in [5.41, 5.74) is 8.42. The van der Waals surface area contributed by atoms with Crippen molar-refractivity contribution >= 4 is 34.1 Å². The van der Waals surface area contributed by atoms with E-state index in [-0.39, 0.29) is 12.2 Å². The lowest BCUT2D eigenvalue weighted by Gasteiger charge is -2.24. The molecule has 5 heterocycles. The fraction of sp³-hybridized carbons (Fsp3) is 0.522. The van der Waals surface area contributed by atoms with Gasteiger partial charge < -0.3 is 19.9 Å². The molecule has 2 aliphatic heterocycles. The number of hydrogen-bond donors (Lipinski definition) is 1. The molecule has 0 amide bonds. The maximum atomic E-state index is 6.71. The highest BCUT2D eigenvalue weighted by Gasteiger charge is 2.56. The molecule has 1 aliphatic carbocycles. The molecule has 2 N–H and O–H groups in total. The van der Waals surface area contributed by atoms with Crippen LogP contribution in [-0.4, -0.2) is 43.6 Å². The highest BCUT2D eigenvalue weighted by Crippen LogP contribution is 2.44. The molecule has 33 heavy (non-hydrogen) atoms. The maximum absolute atomic E-state index is 6.71. The normalized spacial score (nSPS) is 29.8. The summed E-state index contributed by atoms with van der Waals surface area (Å²) in [6.45, 7) is 3.80. The van der Waals surface area contributed by atoms with Crippen LogP contribution in [0.3, 0.4) is 0 Å². The third-order valence-electron chi connectivity index (χ3n) is 6.54. The van der Waals surface area contributed by atoms with Crippen LogP contribution >= 0.6 is 22.9 Å². The first kappa shape index (κ1) is 21.5. The van der Waals surface area contributed by atoms with Crippen LogP contribution in [-0.2, 0) is 19.7 Å². The lowest BCUT2D eigenvalue weighted by atomic mass is 9.94. The molecule has 3 fully saturated rings. The van der Waals surface area contributed by atoms with Crippen molar-refractivity contribution in [1.82, 2.24) is 19.5 Å². The molecular formula is C23H24ClN5O3S. The van der Waals surface area contributed by atoms with Gasteiger partial charge in [0.2, 0.25) is 0 Å². The van der Waals surface area contributed by atoms with Crippen molar-refractivity contribution in [1.29, 1.82) is 0 Å². The Balaban J connectivity index is 1.37. The first-order valence-electron chi connectivity index (χ1n) is 11.1. The SMILES string of the molecule is CC1(C)O[C@@H]2[C@H](O1)[C@@H](C#Cc1ccc(Cl)s1)O[C@H]2n1cnc2c(C3(N)CCCC3)ncnc21. The Hall–Kier alpha value is -2.06. The topological polar surface area (TPSA) is 97.3 Å². The number of ether oxygens (including phenoxy) is 3. The predicted molar refractivity (Wildman–Crippen MR) is 124 cm³/mol. The Morgan fingerprint density at radius 3 is 2.70 bits per heavy atom. The van der Waals surface area contributed by atoms with Gasteiger partial charge in [-0.1, -0.05) is 36.3 Å². The van der Waals surface area contributed by atoms with E-state index in [9.17, 15) is 0 Å². The van der Waals surface area contributed by atoms with E-state index in [1.807, 2.05) is 30.5 Å². The van der Waals surface area contributed by atoms with E-state index >= 15 is 0 Å². The van der Waals surface area contributed by atoms with Gasteiger partial charge in [0.05, 0.1) is 26.8 Å². The number of halogens is 1. The van der Waals surface area contributed by atoms with Crippen LogP contribution in [0.2, 0.25) is 4.34 Å². The Labute approximate surface area is 200 Å². The molecule has 3 aromatic rings. The number of fused-ring (bicyclic) bond motifs is 2. The van der Waals surface area contributed by atoms with E-state index in [4.69, 9.17) is 31.5 Å². The molecule has 0 unspecified atom stereocenters. The first-order chi connectivity index (χ1) is 15.8. The minimum atomic E-state index is -0.745. The molecule has 6 rings (SSSR count). The van der Waals surface area contributed by atoms with Gasteiger partial charge in [0.15, 0.2) is 17.7 Å². The number of nitrogens with two attached hydrogens (primary N) is 1. The molecule has 0 aromatic carbocycles. The fourth-order valence-corrected chi connectivity index (χ4v) is 5.99. The third-order valence-corrected chi connectivity index (χ3v) is 7.69. The summed E-state index contributed by atoms with van der Waals surface area (Å²) >= 11 is 7.47. The zero-order valence-corrected chi connectivity index (χ0v) is 19.9. The Morgan fingerprint density at radius 1 is 1.15 bits per heavy atom. The highest BCUT2D eigenvalue weighted by molar-refractivity contribution is 7.16. The van der Waals surface area contributed by atoms with Gasteiger partial charge in [0.1, 0.15) is 30.2 Å². The molecule has 1 saturated carbocycles. The van der Waals surface area contributed by atoms with Crippen LogP contribution in [0.1, 0.15) is 56.3 Å². The monoisotopic (exact) mass is 485 g/mol. The molecule has 3 aromatic heterocycles. The van der Waals surface area contributed by atoms with Gasteiger partial charge in [0.25, 0.3) is 0 Å². The van der Waals surface area contributed by atoms with Crippen LogP contribution in [0.5, 0.6) is 0 Å². The van der Waals surface area contributed by atoms with Gasteiger partial charge >= 0.3 is 0 Å². The van der Waals surface area contributed by atoms with Gasteiger partial charge in [0, 0.05) is 0 Å². The second kappa shape index (κ2) is 7.73. The number of imidazole rings is 1. The Kier molecular flexibility index (Phi) is 5.03. The minimum absolute atomic E-state index is 0.345. The smallest absolute Gasteiger partial charge is 0.167 e. The summed E-state index contributed by atoms with van der Waals surface area (Å²) < 4.78 is 21.4. The number of aromatic nitrogens is 4. The molecule has 0 bridgehead atoms. The largest absolute Gasteiger partial charge is 0.341 e. The van der Waals surface area contributed by atoms with Crippen molar-refractivity contribution in [3.8, 4) is 11.8 Å². The zero-order valence-electron chi connectivity index (χ0n) is 18.3. The Bertz CT molecular complexity index is 1270. The van der Waals surface area contributed by atoms with Crippen LogP contribution < -0.4 is 5.73 Å².